The molecule has 0 N–H and O–H groups in total. The molecule has 0 aliphatic carbocycles. The van der Waals surface area contributed by atoms with Crippen molar-refractivity contribution >= 4 is 40.2 Å². The molecule has 0 atom stereocenters. The Morgan fingerprint density at radius 1 is 1.21 bits per heavy atom. The number of amides is 1. The Hall–Kier alpha value is -1.69. The Morgan fingerprint density at radius 2 is 2.04 bits per heavy atom. The van der Waals surface area contributed by atoms with Crippen LogP contribution in [0, 0.1) is 0 Å². The summed E-state index contributed by atoms with van der Waals surface area (Å²) in [5.41, 5.74) is 1.79. The predicted octanol–water partition coefficient (Wildman–Crippen LogP) is 5.12. The van der Waals surface area contributed by atoms with Crippen molar-refractivity contribution in [3.05, 3.63) is 63.4 Å². The molecular weight excluding hydrogens is 360 g/mol. The van der Waals surface area contributed by atoms with Gasteiger partial charge in [-0.15, -0.1) is 22.7 Å². The smallest absolute Gasteiger partial charge is 0.228 e. The fourth-order valence-corrected chi connectivity index (χ4v) is 4.21. The van der Waals surface area contributed by atoms with Gasteiger partial charge in [0.1, 0.15) is 5.01 Å². The van der Waals surface area contributed by atoms with Crippen LogP contribution in [-0.4, -0.2) is 22.3 Å². The molecule has 0 aliphatic rings. The Bertz CT molecular complexity index is 814. The minimum atomic E-state index is 0.0699. The molecule has 1 aromatic carbocycles. The van der Waals surface area contributed by atoms with Gasteiger partial charge in [0, 0.05) is 23.5 Å². The summed E-state index contributed by atoms with van der Waals surface area (Å²) >= 11 is 9.45. The quantitative estimate of drug-likeness (QED) is 0.598. The van der Waals surface area contributed by atoms with Gasteiger partial charge in [0.15, 0.2) is 0 Å². The number of hydrogen-bond donors (Lipinski definition) is 0. The van der Waals surface area contributed by atoms with Crippen molar-refractivity contribution in [3.8, 4) is 9.88 Å². The predicted molar refractivity (Wildman–Crippen MR) is 102 cm³/mol. The number of carbonyl (C=O) groups is 1. The number of halogens is 1. The zero-order valence-corrected chi connectivity index (χ0v) is 15.6. The van der Waals surface area contributed by atoms with E-state index < -0.39 is 0 Å². The maximum Gasteiger partial charge on any atom is 0.228 e. The first-order valence-corrected chi connectivity index (χ1v) is 9.80. The number of benzene rings is 1. The van der Waals surface area contributed by atoms with E-state index in [2.05, 4.69) is 4.98 Å². The fraction of sp³-hybridized carbons (Fsp3) is 0.222. The third kappa shape index (κ3) is 4.04. The van der Waals surface area contributed by atoms with Gasteiger partial charge in [-0.2, -0.15) is 0 Å². The van der Waals surface area contributed by atoms with E-state index in [0.717, 1.165) is 21.1 Å². The maximum atomic E-state index is 12.6. The van der Waals surface area contributed by atoms with Crippen LogP contribution in [0.4, 0.5) is 0 Å². The molecule has 24 heavy (non-hydrogen) atoms. The van der Waals surface area contributed by atoms with Crippen molar-refractivity contribution in [2.75, 3.05) is 6.54 Å². The molecule has 0 unspecified atom stereocenters. The molecule has 2 aromatic heterocycles. The maximum absolute atomic E-state index is 12.6. The number of hydrogen-bond acceptors (Lipinski definition) is 4. The summed E-state index contributed by atoms with van der Waals surface area (Å²) in [6.45, 7) is 3.15. The average molecular weight is 377 g/mol. The van der Waals surface area contributed by atoms with E-state index in [-0.39, 0.29) is 5.91 Å². The summed E-state index contributed by atoms with van der Waals surface area (Å²) in [4.78, 5) is 20.1. The van der Waals surface area contributed by atoms with E-state index >= 15 is 0 Å². The highest BCUT2D eigenvalue weighted by Gasteiger charge is 2.16. The van der Waals surface area contributed by atoms with Gasteiger partial charge >= 0.3 is 0 Å². The third-order valence-electron chi connectivity index (χ3n) is 3.67. The molecule has 0 saturated heterocycles. The molecule has 124 valence electrons. The number of nitrogens with zero attached hydrogens (tertiary/aromatic N) is 2. The Balaban J connectivity index is 1.68. The molecule has 1 amide bonds. The molecule has 0 fully saturated rings. The van der Waals surface area contributed by atoms with Crippen LogP contribution in [0.25, 0.3) is 9.88 Å². The van der Waals surface area contributed by atoms with E-state index in [9.17, 15) is 4.79 Å². The number of rotatable bonds is 6. The number of aromatic nitrogens is 1. The van der Waals surface area contributed by atoms with Gasteiger partial charge in [0.25, 0.3) is 0 Å². The van der Waals surface area contributed by atoms with Gasteiger partial charge in [-0.3, -0.25) is 4.79 Å². The number of thiazole rings is 1. The van der Waals surface area contributed by atoms with Crippen molar-refractivity contribution in [3.63, 3.8) is 0 Å². The zero-order valence-electron chi connectivity index (χ0n) is 13.2. The summed E-state index contributed by atoms with van der Waals surface area (Å²) in [5, 5.41) is 5.67. The van der Waals surface area contributed by atoms with Crippen molar-refractivity contribution in [1.29, 1.82) is 0 Å². The highest BCUT2D eigenvalue weighted by atomic mass is 35.5. The van der Waals surface area contributed by atoms with E-state index in [1.54, 1.807) is 22.7 Å². The number of carbonyl (C=O) groups excluding carboxylic acids is 1. The fourth-order valence-electron chi connectivity index (χ4n) is 2.38. The van der Waals surface area contributed by atoms with Gasteiger partial charge in [-0.05, 0) is 30.0 Å². The van der Waals surface area contributed by atoms with Crippen LogP contribution in [0.2, 0.25) is 5.02 Å². The minimum Gasteiger partial charge on any atom is -0.338 e. The summed E-state index contributed by atoms with van der Waals surface area (Å²) < 4.78 is 0. The SMILES string of the molecule is CCN(Cc1ccccc1Cl)C(=O)Cc1csc(-c2cccs2)n1. The van der Waals surface area contributed by atoms with E-state index in [1.807, 2.05) is 59.0 Å². The molecule has 0 aliphatic heterocycles. The van der Waals surface area contributed by atoms with E-state index in [1.165, 1.54) is 0 Å². The summed E-state index contributed by atoms with van der Waals surface area (Å²) in [7, 11) is 0. The van der Waals surface area contributed by atoms with E-state index in [4.69, 9.17) is 11.6 Å². The normalized spacial score (nSPS) is 10.8. The van der Waals surface area contributed by atoms with Crippen LogP contribution in [0.3, 0.4) is 0 Å². The zero-order chi connectivity index (χ0) is 16.9. The van der Waals surface area contributed by atoms with Gasteiger partial charge in [0.05, 0.1) is 17.0 Å². The molecule has 3 rings (SSSR count). The molecule has 0 saturated carbocycles. The van der Waals surface area contributed by atoms with Gasteiger partial charge in [0.2, 0.25) is 5.91 Å². The molecule has 0 radical (unpaired) electrons. The number of likely N-dealkylation sites (N-methyl/N-ethyl adjacent to an activating group) is 1. The van der Waals surface area contributed by atoms with Crippen LogP contribution < -0.4 is 0 Å². The Morgan fingerprint density at radius 3 is 2.75 bits per heavy atom. The van der Waals surface area contributed by atoms with Crippen molar-refractivity contribution in [2.45, 2.75) is 19.9 Å². The standard InChI is InChI=1S/C18H17ClN2OS2/c1-2-21(11-13-6-3-4-7-15(13)19)17(22)10-14-12-24-18(20-14)16-8-5-9-23-16/h3-9,12H,2,10-11H2,1H3. The summed E-state index contributed by atoms with van der Waals surface area (Å²) in [6.07, 6.45) is 0.320. The molecule has 0 spiro atoms. The van der Waals surface area contributed by atoms with Crippen molar-refractivity contribution < 1.29 is 4.79 Å². The van der Waals surface area contributed by atoms with Crippen LogP contribution in [0.5, 0.6) is 0 Å². The third-order valence-corrected chi connectivity index (χ3v) is 5.97. The summed E-state index contributed by atoms with van der Waals surface area (Å²) in [5.74, 6) is 0.0699. The Labute approximate surface area is 154 Å². The van der Waals surface area contributed by atoms with Crippen LogP contribution in [0.15, 0.2) is 47.2 Å². The molecule has 0 bridgehead atoms. The first-order valence-electron chi connectivity index (χ1n) is 7.67. The van der Waals surface area contributed by atoms with Gasteiger partial charge in [-0.1, -0.05) is 35.9 Å². The minimum absolute atomic E-state index is 0.0699. The highest BCUT2D eigenvalue weighted by molar-refractivity contribution is 7.20. The summed E-state index contributed by atoms with van der Waals surface area (Å²) in [6, 6.07) is 11.7. The largest absolute Gasteiger partial charge is 0.338 e. The molecular formula is C18H17ClN2OS2. The topological polar surface area (TPSA) is 33.2 Å². The lowest BCUT2D eigenvalue weighted by Crippen LogP contribution is -2.31. The van der Waals surface area contributed by atoms with Crippen LogP contribution in [-0.2, 0) is 17.8 Å². The monoisotopic (exact) mass is 376 g/mol. The Kier molecular flexibility index (Phi) is 5.66. The van der Waals surface area contributed by atoms with Gasteiger partial charge < -0.3 is 4.90 Å². The van der Waals surface area contributed by atoms with Crippen molar-refractivity contribution in [2.24, 2.45) is 0 Å². The van der Waals surface area contributed by atoms with Gasteiger partial charge in [-0.25, -0.2) is 4.98 Å². The lowest BCUT2D eigenvalue weighted by atomic mass is 10.2. The highest BCUT2D eigenvalue weighted by Crippen LogP contribution is 2.28. The van der Waals surface area contributed by atoms with E-state index in [0.29, 0.717) is 24.5 Å². The molecule has 3 aromatic rings. The molecule has 6 heteroatoms. The molecule has 2 heterocycles. The lowest BCUT2D eigenvalue weighted by Gasteiger charge is -2.21. The molecule has 3 nitrogen and oxygen atoms in total. The second-order valence-corrected chi connectivity index (χ2v) is 7.51. The second kappa shape index (κ2) is 7.92. The second-order valence-electron chi connectivity index (χ2n) is 5.30. The van der Waals surface area contributed by atoms with Crippen molar-refractivity contribution in [1.82, 2.24) is 9.88 Å². The first kappa shape index (κ1) is 17.1. The van der Waals surface area contributed by atoms with Crippen LogP contribution in [0.1, 0.15) is 18.2 Å². The first-order chi connectivity index (χ1) is 11.7. The van der Waals surface area contributed by atoms with Crippen LogP contribution >= 0.6 is 34.3 Å². The average Bonchev–Trinajstić information content (AvgIpc) is 3.25. The number of thiophene rings is 1. The lowest BCUT2D eigenvalue weighted by molar-refractivity contribution is -0.130.